The topological polar surface area (TPSA) is 103 Å². The van der Waals surface area contributed by atoms with Crippen LogP contribution in [0.15, 0.2) is 42.6 Å². The molecule has 0 spiro atoms. The molecule has 7 nitrogen and oxygen atoms in total. The fraction of sp³-hybridized carbons (Fsp3) is 0.158. The van der Waals surface area contributed by atoms with E-state index in [0.717, 1.165) is 0 Å². The number of ether oxygens (including phenoxy) is 2. The Kier molecular flexibility index (Phi) is 4.53. The van der Waals surface area contributed by atoms with Crippen LogP contribution in [0.2, 0.25) is 0 Å². The van der Waals surface area contributed by atoms with E-state index in [1.165, 1.54) is 7.11 Å². The third-order valence-corrected chi connectivity index (χ3v) is 4.14. The summed E-state index contributed by atoms with van der Waals surface area (Å²) >= 11 is 0. The Hall–Kier alpha value is -3.48. The van der Waals surface area contributed by atoms with Crippen LogP contribution < -0.4 is 15.2 Å². The van der Waals surface area contributed by atoms with E-state index in [-0.39, 0.29) is 18.0 Å². The van der Waals surface area contributed by atoms with Gasteiger partial charge in [0.2, 0.25) is 5.88 Å². The number of carboxylic acid groups (broad SMARTS) is 1. The number of anilines is 1. The van der Waals surface area contributed by atoms with Gasteiger partial charge in [-0.15, -0.1) is 0 Å². The molecule has 0 aliphatic rings. The number of aromatic nitrogens is 1. The van der Waals surface area contributed by atoms with Crippen LogP contribution in [0, 0.1) is 6.92 Å². The lowest BCUT2D eigenvalue weighted by molar-refractivity contribution is 0.0698. The van der Waals surface area contributed by atoms with Gasteiger partial charge < -0.3 is 20.3 Å². The van der Waals surface area contributed by atoms with Crippen molar-refractivity contribution in [3.05, 3.63) is 59.3 Å². The molecule has 0 atom stereocenters. The molecular weight excluding hydrogens is 336 g/mol. The number of nitrogens with zero attached hydrogens (tertiary/aromatic N) is 1. The Morgan fingerprint density at radius 1 is 1.23 bits per heavy atom. The van der Waals surface area contributed by atoms with E-state index in [1.807, 2.05) is 0 Å². The van der Waals surface area contributed by atoms with E-state index in [1.54, 1.807) is 53.9 Å². The van der Waals surface area contributed by atoms with Crippen molar-refractivity contribution in [1.29, 1.82) is 0 Å². The van der Waals surface area contributed by atoms with Crippen molar-refractivity contribution in [2.24, 2.45) is 0 Å². The second kappa shape index (κ2) is 6.79. The number of benzene rings is 1. The summed E-state index contributed by atoms with van der Waals surface area (Å²) in [6.07, 6.45) is 1.70. The molecule has 2 heterocycles. The van der Waals surface area contributed by atoms with Crippen LogP contribution in [0.4, 0.5) is 5.69 Å². The first-order valence-electron chi connectivity index (χ1n) is 7.86. The van der Waals surface area contributed by atoms with Crippen LogP contribution >= 0.6 is 0 Å². The zero-order valence-electron chi connectivity index (χ0n) is 14.4. The number of carbonyl (C=O) groups excluding carboxylic acids is 1. The normalized spacial score (nSPS) is 10.7. The van der Waals surface area contributed by atoms with Crippen LogP contribution in [0.1, 0.15) is 26.3 Å². The van der Waals surface area contributed by atoms with Gasteiger partial charge in [0.15, 0.2) is 12.4 Å². The number of rotatable bonds is 6. The number of methoxy groups -OCH3 is 1. The van der Waals surface area contributed by atoms with Crippen molar-refractivity contribution in [3.8, 4) is 11.6 Å². The lowest BCUT2D eigenvalue weighted by atomic mass is 10.1. The SMILES string of the molecule is COc1cc(C(=O)COc2c(C)c(C(=O)O)c3ccccn23)ccc1N. The number of nitrogen functional groups attached to an aromatic ring is 1. The minimum Gasteiger partial charge on any atom is -0.495 e. The van der Waals surface area contributed by atoms with E-state index in [2.05, 4.69) is 0 Å². The van der Waals surface area contributed by atoms with Crippen LogP contribution in [0.5, 0.6) is 11.6 Å². The second-order valence-electron chi connectivity index (χ2n) is 5.73. The Morgan fingerprint density at radius 2 is 2.00 bits per heavy atom. The highest BCUT2D eigenvalue weighted by atomic mass is 16.5. The number of hydrogen-bond donors (Lipinski definition) is 2. The zero-order chi connectivity index (χ0) is 18.8. The van der Waals surface area contributed by atoms with Gasteiger partial charge in [0, 0.05) is 17.3 Å². The van der Waals surface area contributed by atoms with Crippen molar-refractivity contribution >= 4 is 23.0 Å². The van der Waals surface area contributed by atoms with Crippen molar-refractivity contribution in [1.82, 2.24) is 4.40 Å². The maximum absolute atomic E-state index is 12.4. The van der Waals surface area contributed by atoms with Crippen molar-refractivity contribution in [3.63, 3.8) is 0 Å². The van der Waals surface area contributed by atoms with Gasteiger partial charge >= 0.3 is 5.97 Å². The van der Waals surface area contributed by atoms with E-state index in [4.69, 9.17) is 15.2 Å². The summed E-state index contributed by atoms with van der Waals surface area (Å²) < 4.78 is 12.4. The summed E-state index contributed by atoms with van der Waals surface area (Å²) in [6, 6.07) is 9.93. The van der Waals surface area contributed by atoms with E-state index in [9.17, 15) is 14.7 Å². The van der Waals surface area contributed by atoms with Gasteiger partial charge in [0.1, 0.15) is 5.75 Å². The Balaban J connectivity index is 1.89. The Morgan fingerprint density at radius 3 is 2.69 bits per heavy atom. The number of carbonyl (C=O) groups is 2. The molecule has 0 fully saturated rings. The molecule has 7 heteroatoms. The summed E-state index contributed by atoms with van der Waals surface area (Å²) in [7, 11) is 1.47. The minimum atomic E-state index is -1.05. The smallest absolute Gasteiger partial charge is 0.338 e. The van der Waals surface area contributed by atoms with Crippen LogP contribution in [0.25, 0.3) is 5.52 Å². The average Bonchev–Trinajstić information content (AvgIpc) is 2.91. The fourth-order valence-corrected chi connectivity index (χ4v) is 2.85. The first-order chi connectivity index (χ1) is 12.4. The van der Waals surface area contributed by atoms with E-state index in [0.29, 0.717) is 34.0 Å². The van der Waals surface area contributed by atoms with Crippen LogP contribution in [-0.4, -0.2) is 35.0 Å². The lowest BCUT2D eigenvalue weighted by Crippen LogP contribution is -2.13. The third-order valence-electron chi connectivity index (χ3n) is 4.14. The first-order valence-corrected chi connectivity index (χ1v) is 7.86. The number of hydrogen-bond acceptors (Lipinski definition) is 5. The predicted octanol–water partition coefficient (Wildman–Crippen LogP) is 2.80. The number of pyridine rings is 1. The highest BCUT2D eigenvalue weighted by Crippen LogP contribution is 2.29. The summed E-state index contributed by atoms with van der Waals surface area (Å²) in [5.41, 5.74) is 7.71. The molecule has 0 saturated carbocycles. The molecule has 0 aliphatic carbocycles. The van der Waals surface area contributed by atoms with Gasteiger partial charge in [-0.2, -0.15) is 0 Å². The summed E-state index contributed by atoms with van der Waals surface area (Å²) in [4.78, 5) is 24.0. The second-order valence-corrected chi connectivity index (χ2v) is 5.73. The van der Waals surface area contributed by atoms with Crippen molar-refractivity contribution < 1.29 is 24.2 Å². The standard InChI is InChI=1S/C19H18N2O5/c1-11-17(19(23)24)14-5-3-4-8-21(14)18(11)26-10-15(22)12-6-7-13(20)16(9-12)25-2/h3-9H,10,20H2,1-2H3,(H,23,24). The highest BCUT2D eigenvalue weighted by molar-refractivity contribution is 6.00. The molecule has 0 unspecified atom stereocenters. The van der Waals surface area contributed by atoms with Crippen molar-refractivity contribution in [2.45, 2.75) is 6.92 Å². The van der Waals surface area contributed by atoms with Crippen LogP contribution in [0.3, 0.4) is 0 Å². The Labute approximate surface area is 149 Å². The molecule has 1 aromatic carbocycles. The van der Waals surface area contributed by atoms with Crippen molar-refractivity contribution in [2.75, 3.05) is 19.5 Å². The summed E-state index contributed by atoms with van der Waals surface area (Å²) in [5, 5.41) is 9.45. The molecule has 0 aliphatic heterocycles. The molecular formula is C19H18N2O5. The van der Waals surface area contributed by atoms with Gasteiger partial charge in [0.25, 0.3) is 0 Å². The van der Waals surface area contributed by atoms with Crippen LogP contribution in [-0.2, 0) is 0 Å². The van der Waals surface area contributed by atoms with E-state index >= 15 is 0 Å². The number of fused-ring (bicyclic) bond motifs is 1. The predicted molar refractivity (Wildman–Crippen MR) is 96.3 cm³/mol. The molecule has 134 valence electrons. The van der Waals surface area contributed by atoms with Gasteiger partial charge in [0.05, 0.1) is 23.9 Å². The van der Waals surface area contributed by atoms with Gasteiger partial charge in [-0.05, 0) is 37.3 Å². The third kappa shape index (κ3) is 2.95. The summed E-state index contributed by atoms with van der Waals surface area (Å²) in [5.74, 6) is -0.580. The molecule has 3 rings (SSSR count). The molecule has 0 amide bonds. The maximum Gasteiger partial charge on any atom is 0.338 e. The lowest BCUT2D eigenvalue weighted by Gasteiger charge is -2.09. The maximum atomic E-state index is 12.4. The molecule has 0 bridgehead atoms. The molecule has 26 heavy (non-hydrogen) atoms. The van der Waals surface area contributed by atoms with Gasteiger partial charge in [-0.1, -0.05) is 6.07 Å². The number of nitrogens with two attached hydrogens (primary N) is 1. The molecule has 0 radical (unpaired) electrons. The number of carboxylic acids is 1. The summed E-state index contributed by atoms with van der Waals surface area (Å²) in [6.45, 7) is 1.41. The monoisotopic (exact) mass is 354 g/mol. The largest absolute Gasteiger partial charge is 0.495 e. The average molecular weight is 354 g/mol. The molecule has 2 aromatic heterocycles. The molecule has 3 N–H and O–H groups in total. The van der Waals surface area contributed by atoms with Gasteiger partial charge in [-0.3, -0.25) is 9.20 Å². The zero-order valence-corrected chi connectivity index (χ0v) is 14.4. The highest BCUT2D eigenvalue weighted by Gasteiger charge is 2.21. The first kappa shape index (κ1) is 17.3. The fourth-order valence-electron chi connectivity index (χ4n) is 2.85. The minimum absolute atomic E-state index is 0.155. The van der Waals surface area contributed by atoms with Gasteiger partial charge in [-0.25, -0.2) is 4.79 Å². The van der Waals surface area contributed by atoms with E-state index < -0.39 is 5.97 Å². The molecule has 0 saturated heterocycles. The number of ketones is 1. The Bertz CT molecular complexity index is 1010. The quantitative estimate of drug-likeness (QED) is 0.521. The number of aromatic carboxylic acids is 1. The molecule has 3 aromatic rings. The number of Topliss-reactive ketones (excluding diaryl/α,β-unsaturated/α-hetero) is 1.